The number of alkyl halides is 4. The fourth-order valence-electron chi connectivity index (χ4n) is 2.72. The Balaban J connectivity index is 1.71. The highest BCUT2D eigenvalue weighted by molar-refractivity contribution is 5.82. The van der Waals surface area contributed by atoms with Crippen LogP contribution in [0.3, 0.4) is 0 Å². The molecule has 1 fully saturated rings. The molecule has 144 valence electrons. The number of nitrogens with zero attached hydrogens (tertiary/aromatic N) is 2. The lowest BCUT2D eigenvalue weighted by Crippen LogP contribution is -2.40. The summed E-state index contributed by atoms with van der Waals surface area (Å²) in [5.41, 5.74) is -0.415. The largest absolute Gasteiger partial charge is 0.433 e. The molecule has 1 aliphatic heterocycles. The molecule has 0 radical (unpaired) electrons. The summed E-state index contributed by atoms with van der Waals surface area (Å²) in [5, 5.41) is 5.30. The summed E-state index contributed by atoms with van der Waals surface area (Å²) in [5.74, 6) is -1.26. The first kappa shape index (κ1) is 19.2. The van der Waals surface area contributed by atoms with E-state index < -0.39 is 35.9 Å². The Kier molecular flexibility index (Phi) is 5.36. The summed E-state index contributed by atoms with van der Waals surface area (Å²) < 4.78 is 64.6. The normalized spacial score (nSPS) is 19.9. The van der Waals surface area contributed by atoms with Crippen molar-refractivity contribution in [2.45, 2.75) is 31.4 Å². The first-order valence-corrected chi connectivity index (χ1v) is 8.07. The van der Waals surface area contributed by atoms with E-state index >= 15 is 0 Å². The number of nitrogens with one attached hydrogen (secondary N) is 2. The summed E-state index contributed by atoms with van der Waals surface area (Å²) in [7, 11) is 0. The molecular formula is C17H15F5N4O. The molecule has 3 heterocycles. The predicted octanol–water partition coefficient (Wildman–Crippen LogP) is 2.62. The smallest absolute Gasteiger partial charge is 0.351 e. The van der Waals surface area contributed by atoms with Crippen LogP contribution >= 0.6 is 0 Å². The highest BCUT2D eigenvalue weighted by Crippen LogP contribution is 2.28. The van der Waals surface area contributed by atoms with E-state index in [4.69, 9.17) is 0 Å². The number of hydrogen-bond donors (Lipinski definition) is 2. The van der Waals surface area contributed by atoms with Crippen molar-refractivity contribution in [1.82, 2.24) is 20.6 Å². The van der Waals surface area contributed by atoms with Crippen LogP contribution in [0.4, 0.5) is 22.0 Å². The van der Waals surface area contributed by atoms with Crippen LogP contribution < -0.4 is 10.6 Å². The third-order valence-electron chi connectivity index (χ3n) is 4.06. The molecule has 1 aliphatic rings. The minimum absolute atomic E-state index is 0.0333. The highest BCUT2D eigenvalue weighted by atomic mass is 19.4. The summed E-state index contributed by atoms with van der Waals surface area (Å²) in [6.45, 7) is 0.0709. The number of halogens is 5. The Bertz CT molecular complexity index is 825. The van der Waals surface area contributed by atoms with Crippen molar-refractivity contribution in [2.24, 2.45) is 0 Å². The Hall–Kier alpha value is -2.62. The number of pyridine rings is 2. The lowest BCUT2D eigenvalue weighted by molar-refractivity contribution is -0.141. The average molecular weight is 386 g/mol. The zero-order valence-corrected chi connectivity index (χ0v) is 13.9. The molecule has 0 aliphatic carbocycles. The van der Waals surface area contributed by atoms with Crippen LogP contribution in [0, 0.1) is 5.95 Å². The summed E-state index contributed by atoms with van der Waals surface area (Å²) in [4.78, 5) is 18.9. The lowest BCUT2D eigenvalue weighted by atomic mass is 10.1. The lowest BCUT2D eigenvalue weighted by Gasteiger charge is -2.12. The van der Waals surface area contributed by atoms with Crippen LogP contribution in [0.1, 0.15) is 17.7 Å². The SMILES string of the molecule is O=C(NCc1cc(F)nc(-c2ccc(C(F)(F)F)nc2)c1)[C@@H]1C[C@@H](F)CN1. The molecule has 0 bridgehead atoms. The maximum Gasteiger partial charge on any atom is 0.433 e. The standard InChI is InChI=1S/C17H15F5N4O/c18-11-5-13(23-8-11)16(27)25-6-9-3-12(26-15(19)4-9)10-1-2-14(24-7-10)17(20,21)22/h1-4,7,11,13,23H,5-6,8H2,(H,25,27)/t11-,13+/m1/s1. The molecule has 2 aromatic rings. The van der Waals surface area contributed by atoms with Crippen molar-refractivity contribution in [3.8, 4) is 11.3 Å². The van der Waals surface area contributed by atoms with Crippen molar-refractivity contribution in [2.75, 3.05) is 6.54 Å². The van der Waals surface area contributed by atoms with Crippen molar-refractivity contribution in [3.05, 3.63) is 47.7 Å². The fraction of sp³-hybridized carbons (Fsp3) is 0.353. The molecule has 1 amide bonds. The highest BCUT2D eigenvalue weighted by Gasteiger charge is 2.32. The Morgan fingerprint density at radius 1 is 1.30 bits per heavy atom. The zero-order valence-electron chi connectivity index (χ0n) is 13.9. The van der Waals surface area contributed by atoms with Gasteiger partial charge in [-0.2, -0.15) is 17.6 Å². The molecule has 10 heteroatoms. The van der Waals surface area contributed by atoms with Crippen LogP contribution in [0.2, 0.25) is 0 Å². The molecule has 0 saturated carbocycles. The average Bonchev–Trinajstić information content (AvgIpc) is 3.05. The van der Waals surface area contributed by atoms with Gasteiger partial charge in [-0.05, 0) is 29.8 Å². The van der Waals surface area contributed by atoms with Crippen molar-refractivity contribution >= 4 is 5.91 Å². The van der Waals surface area contributed by atoms with E-state index in [1.54, 1.807) is 0 Å². The summed E-state index contributed by atoms with van der Waals surface area (Å²) in [6, 6.07) is 3.81. The molecule has 2 aromatic heterocycles. The number of aromatic nitrogens is 2. The van der Waals surface area contributed by atoms with Gasteiger partial charge in [0.05, 0.1) is 11.7 Å². The molecular weight excluding hydrogens is 371 g/mol. The topological polar surface area (TPSA) is 66.9 Å². The predicted molar refractivity (Wildman–Crippen MR) is 85.6 cm³/mol. The second-order valence-electron chi connectivity index (χ2n) is 6.12. The van der Waals surface area contributed by atoms with Crippen LogP contribution in [-0.2, 0) is 17.5 Å². The Morgan fingerprint density at radius 2 is 2.07 bits per heavy atom. The van der Waals surface area contributed by atoms with Gasteiger partial charge in [-0.25, -0.2) is 9.37 Å². The van der Waals surface area contributed by atoms with Crippen molar-refractivity contribution in [1.29, 1.82) is 0 Å². The number of hydrogen-bond acceptors (Lipinski definition) is 4. The number of carbonyl (C=O) groups is 1. The Morgan fingerprint density at radius 3 is 2.67 bits per heavy atom. The monoisotopic (exact) mass is 386 g/mol. The minimum atomic E-state index is -4.57. The van der Waals surface area contributed by atoms with Gasteiger partial charge in [0.1, 0.15) is 11.9 Å². The second kappa shape index (κ2) is 7.55. The maximum absolute atomic E-state index is 13.8. The van der Waals surface area contributed by atoms with Crippen LogP contribution in [0.25, 0.3) is 11.3 Å². The molecule has 2 atom stereocenters. The molecule has 27 heavy (non-hydrogen) atoms. The van der Waals surface area contributed by atoms with Gasteiger partial charge in [-0.1, -0.05) is 0 Å². The van der Waals surface area contributed by atoms with Crippen molar-refractivity contribution in [3.63, 3.8) is 0 Å². The third kappa shape index (κ3) is 4.76. The molecule has 1 saturated heterocycles. The maximum atomic E-state index is 13.8. The summed E-state index contributed by atoms with van der Waals surface area (Å²) >= 11 is 0. The quantitative estimate of drug-likeness (QED) is 0.626. The van der Waals surface area contributed by atoms with E-state index in [1.807, 2.05) is 0 Å². The van der Waals surface area contributed by atoms with Gasteiger partial charge in [0, 0.05) is 31.3 Å². The fourth-order valence-corrected chi connectivity index (χ4v) is 2.72. The first-order valence-electron chi connectivity index (χ1n) is 8.07. The number of rotatable bonds is 4. The van der Waals surface area contributed by atoms with E-state index in [0.717, 1.165) is 24.4 Å². The van der Waals surface area contributed by atoms with E-state index in [0.29, 0.717) is 5.56 Å². The Labute approximate surface area is 151 Å². The van der Waals surface area contributed by atoms with Gasteiger partial charge in [-0.3, -0.25) is 9.78 Å². The third-order valence-corrected chi connectivity index (χ3v) is 4.06. The van der Waals surface area contributed by atoms with Crippen LogP contribution in [0.15, 0.2) is 30.5 Å². The van der Waals surface area contributed by atoms with Crippen LogP contribution in [-0.4, -0.2) is 34.6 Å². The second-order valence-corrected chi connectivity index (χ2v) is 6.12. The van der Waals surface area contributed by atoms with Gasteiger partial charge >= 0.3 is 6.18 Å². The van der Waals surface area contributed by atoms with Gasteiger partial charge in [0.25, 0.3) is 0 Å². The summed E-state index contributed by atoms with van der Waals surface area (Å²) in [6.07, 6.45) is -4.63. The molecule has 3 rings (SSSR count). The molecule has 5 nitrogen and oxygen atoms in total. The number of carbonyl (C=O) groups excluding carboxylic acids is 1. The number of amides is 1. The van der Waals surface area contributed by atoms with E-state index in [1.165, 1.54) is 6.07 Å². The van der Waals surface area contributed by atoms with Crippen molar-refractivity contribution < 1.29 is 26.7 Å². The molecule has 2 N–H and O–H groups in total. The van der Waals surface area contributed by atoms with E-state index in [-0.39, 0.29) is 30.8 Å². The van der Waals surface area contributed by atoms with E-state index in [2.05, 4.69) is 20.6 Å². The van der Waals surface area contributed by atoms with Gasteiger partial charge in [0.2, 0.25) is 11.9 Å². The van der Waals surface area contributed by atoms with Gasteiger partial charge < -0.3 is 10.6 Å². The molecule has 0 spiro atoms. The molecule has 0 unspecified atom stereocenters. The van der Waals surface area contributed by atoms with Crippen LogP contribution in [0.5, 0.6) is 0 Å². The van der Waals surface area contributed by atoms with E-state index in [9.17, 15) is 26.7 Å². The van der Waals surface area contributed by atoms with Gasteiger partial charge in [0.15, 0.2) is 0 Å². The zero-order chi connectivity index (χ0) is 19.6. The molecule has 0 aromatic carbocycles. The minimum Gasteiger partial charge on any atom is -0.351 e. The van der Waals surface area contributed by atoms with Gasteiger partial charge in [-0.15, -0.1) is 0 Å². The first-order chi connectivity index (χ1) is 12.7.